The summed E-state index contributed by atoms with van der Waals surface area (Å²) in [6, 6.07) is 8.72. The second-order valence-electron chi connectivity index (χ2n) is 5.92. The lowest BCUT2D eigenvalue weighted by molar-refractivity contribution is 0.630. The molecule has 6 nitrogen and oxygen atoms in total. The minimum Gasteiger partial charge on any atom is -0.353 e. The molecule has 1 fully saturated rings. The van der Waals surface area contributed by atoms with Gasteiger partial charge in [0.05, 0.1) is 0 Å². The monoisotopic (exact) mass is 434 g/mol. The van der Waals surface area contributed by atoms with Gasteiger partial charge in [-0.15, -0.1) is 15.3 Å². The Bertz CT molecular complexity index is 890. The van der Waals surface area contributed by atoms with Crippen molar-refractivity contribution in [2.45, 2.75) is 6.42 Å². The number of hydrogen-bond donors (Lipinski definition) is 0. The molecule has 1 aromatic carbocycles. The lowest BCUT2D eigenvalue weighted by Gasteiger charge is -2.21. The average Bonchev–Trinajstić information content (AvgIpc) is 3.02. The van der Waals surface area contributed by atoms with Gasteiger partial charge in [0, 0.05) is 42.4 Å². The van der Waals surface area contributed by atoms with Crippen LogP contribution in [0.15, 0.2) is 41.0 Å². The van der Waals surface area contributed by atoms with Crippen LogP contribution < -0.4 is 9.80 Å². The van der Waals surface area contributed by atoms with Crippen LogP contribution in [0.25, 0.3) is 10.6 Å². The summed E-state index contributed by atoms with van der Waals surface area (Å²) < 4.78 is 14.9. The topological polar surface area (TPSA) is 58.0 Å². The van der Waals surface area contributed by atoms with E-state index in [9.17, 15) is 4.39 Å². The van der Waals surface area contributed by atoms with E-state index >= 15 is 0 Å². The summed E-state index contributed by atoms with van der Waals surface area (Å²) in [7, 11) is 0. The van der Waals surface area contributed by atoms with Gasteiger partial charge in [-0.3, -0.25) is 0 Å². The van der Waals surface area contributed by atoms with Crippen LogP contribution in [0.2, 0.25) is 0 Å². The Balaban J connectivity index is 1.50. The zero-order valence-corrected chi connectivity index (χ0v) is 16.2. The minimum absolute atomic E-state index is 0.291. The molecular weight excluding hydrogens is 419 g/mol. The predicted octanol–water partition coefficient (Wildman–Crippen LogP) is 3.61. The van der Waals surface area contributed by atoms with Gasteiger partial charge < -0.3 is 9.80 Å². The molecular formula is C17H16BrFN6S. The van der Waals surface area contributed by atoms with E-state index in [0.717, 1.165) is 48.0 Å². The van der Waals surface area contributed by atoms with Gasteiger partial charge in [-0.25, -0.2) is 4.39 Å². The summed E-state index contributed by atoms with van der Waals surface area (Å²) in [4.78, 5) is 4.43. The van der Waals surface area contributed by atoms with E-state index < -0.39 is 0 Å². The first-order valence-corrected chi connectivity index (χ1v) is 9.88. The van der Waals surface area contributed by atoms with Gasteiger partial charge in [0.25, 0.3) is 0 Å². The average molecular weight is 435 g/mol. The van der Waals surface area contributed by atoms with E-state index in [1.54, 1.807) is 18.3 Å². The lowest BCUT2D eigenvalue weighted by atomic mass is 10.2. The summed E-state index contributed by atoms with van der Waals surface area (Å²) in [5.74, 6) is 0.601. The fourth-order valence-corrected chi connectivity index (χ4v) is 4.19. The van der Waals surface area contributed by atoms with Gasteiger partial charge in [0.1, 0.15) is 5.82 Å². The first-order chi connectivity index (χ1) is 12.7. The molecule has 1 aliphatic heterocycles. The maximum absolute atomic E-state index is 14.1. The van der Waals surface area contributed by atoms with Crippen LogP contribution in [0.3, 0.4) is 0 Å². The Kier molecular flexibility index (Phi) is 5.07. The lowest BCUT2D eigenvalue weighted by Crippen LogP contribution is -2.31. The van der Waals surface area contributed by atoms with Crippen LogP contribution in [0.5, 0.6) is 0 Å². The first kappa shape index (κ1) is 17.3. The fraction of sp³-hybridized carbons (Fsp3) is 0.294. The van der Waals surface area contributed by atoms with Crippen LogP contribution in [0.1, 0.15) is 6.42 Å². The maximum atomic E-state index is 14.1. The Hall–Kier alpha value is -2.13. The standard InChI is InChI=1S/C17H16BrFN6S/c18-12-4-5-14(19)13(11-12)16-22-23-17(26-16)25-8-2-7-24(9-10-25)15-3-1-6-20-21-15/h1,3-6,11H,2,7-10H2. The molecule has 0 unspecified atom stereocenters. The van der Waals surface area contributed by atoms with E-state index in [1.807, 2.05) is 12.1 Å². The van der Waals surface area contributed by atoms with Gasteiger partial charge in [-0.2, -0.15) is 5.10 Å². The molecule has 1 aliphatic rings. The van der Waals surface area contributed by atoms with Crippen molar-refractivity contribution >= 4 is 38.2 Å². The van der Waals surface area contributed by atoms with Crippen molar-refractivity contribution in [2.75, 3.05) is 36.0 Å². The Morgan fingerprint density at radius 2 is 1.85 bits per heavy atom. The smallest absolute Gasteiger partial charge is 0.208 e. The molecule has 0 atom stereocenters. The quantitative estimate of drug-likeness (QED) is 0.627. The Morgan fingerprint density at radius 3 is 2.69 bits per heavy atom. The van der Waals surface area contributed by atoms with Gasteiger partial charge in [0.2, 0.25) is 5.13 Å². The van der Waals surface area contributed by atoms with Gasteiger partial charge >= 0.3 is 0 Å². The number of benzene rings is 1. The summed E-state index contributed by atoms with van der Waals surface area (Å²) >= 11 is 4.80. The summed E-state index contributed by atoms with van der Waals surface area (Å²) in [5.41, 5.74) is 0.471. The summed E-state index contributed by atoms with van der Waals surface area (Å²) in [6.45, 7) is 3.44. The number of nitrogens with zero attached hydrogens (tertiary/aromatic N) is 6. The molecule has 0 spiro atoms. The van der Waals surface area contributed by atoms with Crippen molar-refractivity contribution in [1.29, 1.82) is 0 Å². The number of aromatic nitrogens is 4. The molecule has 4 rings (SSSR count). The van der Waals surface area contributed by atoms with Crippen molar-refractivity contribution in [1.82, 2.24) is 20.4 Å². The van der Waals surface area contributed by atoms with Crippen molar-refractivity contribution in [3.8, 4) is 10.6 Å². The van der Waals surface area contributed by atoms with Gasteiger partial charge in [0.15, 0.2) is 10.8 Å². The molecule has 3 aromatic rings. The Labute approximate surface area is 162 Å². The van der Waals surface area contributed by atoms with Crippen LogP contribution in [-0.4, -0.2) is 46.6 Å². The zero-order chi connectivity index (χ0) is 17.9. The van der Waals surface area contributed by atoms with Crippen LogP contribution in [0.4, 0.5) is 15.3 Å². The second kappa shape index (κ2) is 7.63. The third-order valence-corrected chi connectivity index (χ3v) is 5.73. The molecule has 2 aromatic heterocycles. The molecule has 0 bridgehead atoms. The maximum Gasteiger partial charge on any atom is 0.208 e. The van der Waals surface area contributed by atoms with Crippen molar-refractivity contribution < 1.29 is 4.39 Å². The number of rotatable bonds is 3. The minimum atomic E-state index is -0.291. The molecule has 9 heteroatoms. The second-order valence-corrected chi connectivity index (χ2v) is 7.80. The third-order valence-electron chi connectivity index (χ3n) is 4.22. The molecule has 3 heterocycles. The zero-order valence-electron chi connectivity index (χ0n) is 13.8. The van der Waals surface area contributed by atoms with Crippen LogP contribution in [-0.2, 0) is 0 Å². The number of anilines is 2. The van der Waals surface area contributed by atoms with E-state index in [-0.39, 0.29) is 5.82 Å². The highest BCUT2D eigenvalue weighted by atomic mass is 79.9. The number of hydrogen-bond acceptors (Lipinski definition) is 7. The Morgan fingerprint density at radius 1 is 1.00 bits per heavy atom. The van der Waals surface area contributed by atoms with E-state index in [2.05, 4.69) is 46.1 Å². The predicted molar refractivity (Wildman–Crippen MR) is 104 cm³/mol. The van der Waals surface area contributed by atoms with Crippen LogP contribution in [0, 0.1) is 5.82 Å². The van der Waals surface area contributed by atoms with E-state index in [4.69, 9.17) is 0 Å². The highest BCUT2D eigenvalue weighted by molar-refractivity contribution is 9.10. The van der Waals surface area contributed by atoms with E-state index in [0.29, 0.717) is 10.6 Å². The fourth-order valence-electron chi connectivity index (χ4n) is 2.91. The molecule has 0 aliphatic carbocycles. The van der Waals surface area contributed by atoms with Crippen LogP contribution >= 0.6 is 27.3 Å². The molecule has 134 valence electrons. The van der Waals surface area contributed by atoms with Crippen molar-refractivity contribution in [2.24, 2.45) is 0 Å². The van der Waals surface area contributed by atoms with E-state index in [1.165, 1.54) is 17.4 Å². The highest BCUT2D eigenvalue weighted by Crippen LogP contribution is 2.32. The van der Waals surface area contributed by atoms with Gasteiger partial charge in [-0.1, -0.05) is 27.3 Å². The highest BCUT2D eigenvalue weighted by Gasteiger charge is 2.20. The largest absolute Gasteiger partial charge is 0.353 e. The molecule has 1 saturated heterocycles. The third kappa shape index (κ3) is 3.68. The summed E-state index contributed by atoms with van der Waals surface area (Å²) in [5, 5.41) is 18.0. The molecule has 0 saturated carbocycles. The molecule has 0 amide bonds. The van der Waals surface area contributed by atoms with Crippen molar-refractivity contribution in [3.05, 3.63) is 46.8 Å². The molecule has 0 N–H and O–H groups in total. The number of halogens is 2. The first-order valence-electron chi connectivity index (χ1n) is 8.27. The normalized spacial score (nSPS) is 15.2. The van der Waals surface area contributed by atoms with Gasteiger partial charge in [-0.05, 0) is 36.8 Å². The van der Waals surface area contributed by atoms with Crippen molar-refractivity contribution in [3.63, 3.8) is 0 Å². The SMILES string of the molecule is Fc1ccc(Br)cc1-c1nnc(N2CCCN(c3cccnn3)CC2)s1. The molecule has 0 radical (unpaired) electrons. The summed E-state index contributed by atoms with van der Waals surface area (Å²) in [6.07, 6.45) is 2.66. The molecule has 26 heavy (non-hydrogen) atoms.